The summed E-state index contributed by atoms with van der Waals surface area (Å²) in [5, 5.41) is 0. The zero-order chi connectivity index (χ0) is 21.8. The minimum Gasteiger partial charge on any atom is -0.458 e. The van der Waals surface area contributed by atoms with Crippen molar-refractivity contribution in [2.24, 2.45) is 11.8 Å². The predicted octanol–water partition coefficient (Wildman–Crippen LogP) is 2.02. The molecule has 2 rings (SSSR count). The van der Waals surface area contributed by atoms with Crippen molar-refractivity contribution in [3.8, 4) is 0 Å². The molecule has 0 unspecified atom stereocenters. The van der Waals surface area contributed by atoms with Gasteiger partial charge >= 0.3 is 11.9 Å². The third kappa shape index (κ3) is 5.29. The van der Waals surface area contributed by atoms with Crippen molar-refractivity contribution >= 4 is 23.5 Å². The summed E-state index contributed by atoms with van der Waals surface area (Å²) in [7, 11) is 1.92. The fourth-order valence-corrected chi connectivity index (χ4v) is 3.50. The van der Waals surface area contributed by atoms with E-state index in [2.05, 4.69) is 6.58 Å². The van der Waals surface area contributed by atoms with Gasteiger partial charge in [-0.1, -0.05) is 31.7 Å². The summed E-state index contributed by atoms with van der Waals surface area (Å²) in [5.74, 6) is -2.97. The van der Waals surface area contributed by atoms with E-state index in [9.17, 15) is 19.2 Å². The first kappa shape index (κ1) is 22.7. The molecule has 7 nitrogen and oxygen atoms in total. The molecule has 2 aliphatic heterocycles. The van der Waals surface area contributed by atoms with E-state index in [4.69, 9.17) is 9.47 Å². The average Bonchev–Trinajstić information content (AvgIpc) is 2.65. The molecule has 0 saturated heterocycles. The number of ether oxygens (including phenoxy) is 2. The summed E-state index contributed by atoms with van der Waals surface area (Å²) in [5.41, 5.74) is -0.996. The third-order valence-electron chi connectivity index (χ3n) is 5.59. The van der Waals surface area contributed by atoms with Gasteiger partial charge in [0, 0.05) is 42.9 Å². The van der Waals surface area contributed by atoms with Crippen LogP contribution in [0.2, 0.25) is 0 Å². The number of esters is 2. The largest absolute Gasteiger partial charge is 0.458 e. The van der Waals surface area contributed by atoms with Crippen LogP contribution in [0.15, 0.2) is 36.0 Å². The van der Waals surface area contributed by atoms with Gasteiger partial charge in [0.25, 0.3) is 0 Å². The van der Waals surface area contributed by atoms with Gasteiger partial charge in [-0.3, -0.25) is 14.4 Å². The maximum absolute atomic E-state index is 13.0. The number of cyclic esters (lactones) is 1. The summed E-state index contributed by atoms with van der Waals surface area (Å²) < 4.78 is 10.7. The molecule has 0 aromatic rings. The van der Waals surface area contributed by atoms with Crippen LogP contribution in [-0.4, -0.2) is 60.8 Å². The SMILES string of the molecule is C=C/C1=C/[C@H](C)[C@](C)(OC(C)=O)C(=O)OC/C2=C/CN(C)CC[C@@H](CC1=O)C2=O. The molecule has 0 aromatic heterocycles. The number of fused-ring (bicyclic) bond motifs is 2. The summed E-state index contributed by atoms with van der Waals surface area (Å²) in [6.45, 7) is 9.00. The van der Waals surface area contributed by atoms with Crippen LogP contribution in [0, 0.1) is 11.8 Å². The summed E-state index contributed by atoms with van der Waals surface area (Å²) >= 11 is 0. The number of carbonyl (C=O) groups excluding carboxylic acids is 4. The van der Waals surface area contributed by atoms with Crippen molar-refractivity contribution in [1.82, 2.24) is 4.90 Å². The van der Waals surface area contributed by atoms with E-state index in [-0.39, 0.29) is 30.2 Å². The predicted molar refractivity (Wildman–Crippen MR) is 107 cm³/mol. The number of Topliss-reactive ketones (excluding diaryl/α,β-unsaturated/α-hetero) is 2. The Morgan fingerprint density at radius 3 is 2.69 bits per heavy atom. The molecule has 3 atom stereocenters. The highest BCUT2D eigenvalue weighted by atomic mass is 16.6. The van der Waals surface area contributed by atoms with Gasteiger partial charge in [-0.2, -0.15) is 0 Å². The molecule has 0 fully saturated rings. The monoisotopic (exact) mass is 403 g/mol. The molecule has 0 amide bonds. The number of rotatable bonds is 2. The van der Waals surface area contributed by atoms with Gasteiger partial charge in [-0.05, 0) is 26.9 Å². The lowest BCUT2D eigenvalue weighted by atomic mass is 9.84. The van der Waals surface area contributed by atoms with Crippen LogP contribution < -0.4 is 0 Å². The Hall–Kier alpha value is -2.54. The van der Waals surface area contributed by atoms with Crippen LogP contribution in [0.5, 0.6) is 0 Å². The number of likely N-dealkylation sites (N-methyl/N-ethyl adjacent to an activating group) is 1. The number of hydrogen-bond donors (Lipinski definition) is 0. The third-order valence-corrected chi connectivity index (χ3v) is 5.59. The van der Waals surface area contributed by atoms with Crippen molar-refractivity contribution in [2.75, 3.05) is 26.7 Å². The molecule has 0 aromatic carbocycles. The van der Waals surface area contributed by atoms with Crippen LogP contribution >= 0.6 is 0 Å². The average molecular weight is 403 g/mol. The maximum Gasteiger partial charge on any atom is 0.351 e. The van der Waals surface area contributed by atoms with E-state index in [1.807, 2.05) is 11.9 Å². The highest BCUT2D eigenvalue weighted by Gasteiger charge is 2.44. The highest BCUT2D eigenvalue weighted by Crippen LogP contribution is 2.29. The number of hydrogen-bond acceptors (Lipinski definition) is 7. The minimum absolute atomic E-state index is 0.0484. The molecule has 7 heteroatoms. The molecular formula is C22H29NO6. The summed E-state index contributed by atoms with van der Waals surface area (Å²) in [6, 6.07) is 0. The molecule has 2 heterocycles. The number of carbonyl (C=O) groups is 4. The fourth-order valence-electron chi connectivity index (χ4n) is 3.50. The minimum atomic E-state index is -1.64. The van der Waals surface area contributed by atoms with E-state index >= 15 is 0 Å². The Morgan fingerprint density at radius 1 is 1.38 bits per heavy atom. The van der Waals surface area contributed by atoms with E-state index in [1.165, 1.54) is 19.9 Å². The quantitative estimate of drug-likeness (QED) is 0.652. The van der Waals surface area contributed by atoms with E-state index in [0.29, 0.717) is 25.1 Å². The van der Waals surface area contributed by atoms with Crippen molar-refractivity contribution in [3.05, 3.63) is 36.0 Å². The lowest BCUT2D eigenvalue weighted by Crippen LogP contribution is -2.47. The zero-order valence-electron chi connectivity index (χ0n) is 17.5. The van der Waals surface area contributed by atoms with E-state index < -0.39 is 29.4 Å². The van der Waals surface area contributed by atoms with Crippen LogP contribution in [-0.2, 0) is 28.7 Å². The normalized spacial score (nSPS) is 33.4. The molecule has 158 valence electrons. The second-order valence-electron chi connectivity index (χ2n) is 7.86. The van der Waals surface area contributed by atoms with Gasteiger partial charge in [-0.15, -0.1) is 0 Å². The second-order valence-corrected chi connectivity index (χ2v) is 7.86. The Bertz CT molecular complexity index is 780. The highest BCUT2D eigenvalue weighted by molar-refractivity contribution is 6.04. The molecule has 0 radical (unpaired) electrons. The standard InChI is InChI=1S/C22H29NO6/c1-6-16-11-14(2)22(4,29-15(3)24)21(27)28-13-18-8-10-23(5)9-7-17(20(18)26)12-19(16)25/h6,8,11,14,17H,1,7,9-10,12-13H2,2-5H3/b16-11-,18-8-/t14-,17-,22-/m0/s1. The van der Waals surface area contributed by atoms with E-state index in [1.54, 1.807) is 19.1 Å². The van der Waals surface area contributed by atoms with Crippen molar-refractivity contribution < 1.29 is 28.7 Å². The molecule has 2 aliphatic rings. The summed E-state index contributed by atoms with van der Waals surface area (Å²) in [6.07, 6.45) is 5.27. The van der Waals surface area contributed by atoms with Gasteiger partial charge in [0.15, 0.2) is 11.6 Å². The van der Waals surface area contributed by atoms with Gasteiger partial charge in [0.2, 0.25) is 5.60 Å². The van der Waals surface area contributed by atoms with Gasteiger partial charge < -0.3 is 14.4 Å². The first-order valence-electron chi connectivity index (χ1n) is 9.74. The smallest absolute Gasteiger partial charge is 0.351 e. The van der Waals surface area contributed by atoms with Crippen LogP contribution in [0.25, 0.3) is 0 Å². The van der Waals surface area contributed by atoms with Gasteiger partial charge in [-0.25, -0.2) is 4.79 Å². The van der Waals surface area contributed by atoms with Crippen LogP contribution in [0.4, 0.5) is 0 Å². The lowest BCUT2D eigenvalue weighted by Gasteiger charge is -2.32. The van der Waals surface area contributed by atoms with Gasteiger partial charge in [0.05, 0.1) is 0 Å². The number of ketones is 2. The molecule has 2 bridgehead atoms. The van der Waals surface area contributed by atoms with Crippen molar-refractivity contribution in [1.29, 1.82) is 0 Å². The van der Waals surface area contributed by atoms with Crippen molar-refractivity contribution in [3.63, 3.8) is 0 Å². The number of nitrogens with zero attached hydrogens (tertiary/aromatic N) is 1. The Balaban J connectivity index is 2.54. The molecule has 0 saturated carbocycles. The molecule has 0 aliphatic carbocycles. The molecule has 29 heavy (non-hydrogen) atoms. The van der Waals surface area contributed by atoms with Crippen LogP contribution in [0.3, 0.4) is 0 Å². The van der Waals surface area contributed by atoms with E-state index in [0.717, 1.165) is 0 Å². The Kier molecular flexibility index (Phi) is 7.30. The number of allylic oxidation sites excluding steroid dienone is 2. The Labute approximate surface area is 171 Å². The van der Waals surface area contributed by atoms with Crippen molar-refractivity contribution in [2.45, 2.75) is 39.2 Å². The molecule has 0 N–H and O–H groups in total. The molecular weight excluding hydrogens is 374 g/mol. The first-order chi connectivity index (χ1) is 13.6. The topological polar surface area (TPSA) is 90.0 Å². The summed E-state index contributed by atoms with van der Waals surface area (Å²) in [4.78, 5) is 52.5. The zero-order valence-corrected chi connectivity index (χ0v) is 17.5. The molecule has 0 spiro atoms. The maximum atomic E-state index is 13.0. The fraction of sp³-hybridized carbons (Fsp3) is 0.545. The van der Waals surface area contributed by atoms with Gasteiger partial charge in [0.1, 0.15) is 6.61 Å². The van der Waals surface area contributed by atoms with Crippen LogP contribution in [0.1, 0.15) is 33.6 Å². The Morgan fingerprint density at radius 2 is 2.07 bits per heavy atom. The first-order valence-corrected chi connectivity index (χ1v) is 9.74. The lowest BCUT2D eigenvalue weighted by molar-refractivity contribution is -0.183. The second kappa shape index (κ2) is 9.31.